The Bertz CT molecular complexity index is 1360. The second kappa shape index (κ2) is 11.0. The molecule has 0 heterocycles. The van der Waals surface area contributed by atoms with Crippen molar-refractivity contribution in [2.45, 2.75) is 6.92 Å². The average Bonchev–Trinajstić information content (AvgIpc) is 2.89. The maximum atomic E-state index is 12.7. The second-order valence-corrected chi connectivity index (χ2v) is 7.71. The molecule has 7 nitrogen and oxygen atoms in total. The van der Waals surface area contributed by atoms with E-state index in [2.05, 4.69) is 10.5 Å². The van der Waals surface area contributed by atoms with Crippen LogP contribution < -0.4 is 19.6 Å². The Morgan fingerprint density at radius 1 is 0.886 bits per heavy atom. The van der Waals surface area contributed by atoms with Gasteiger partial charge in [-0.05, 0) is 60.2 Å². The summed E-state index contributed by atoms with van der Waals surface area (Å²) in [5.74, 6) is 0.647. The van der Waals surface area contributed by atoms with Crippen molar-refractivity contribution in [2.75, 3.05) is 13.7 Å². The summed E-state index contributed by atoms with van der Waals surface area (Å²) >= 11 is 0. The molecule has 7 heteroatoms. The molecular formula is C28H24N2O5. The SMILES string of the molecule is COc1ccc(OCC(=O)NN=Cc2c(OC(=O)c3ccc(C)cc3)ccc3ccccc23)cc1. The number of ether oxygens (including phenoxy) is 3. The number of fused-ring (bicyclic) bond motifs is 1. The summed E-state index contributed by atoms with van der Waals surface area (Å²) in [5, 5.41) is 5.84. The Morgan fingerprint density at radius 3 is 2.34 bits per heavy atom. The van der Waals surface area contributed by atoms with Crippen LogP contribution in [0.1, 0.15) is 21.5 Å². The molecule has 0 bridgehead atoms. The Hall–Kier alpha value is -4.65. The number of hydrogen-bond acceptors (Lipinski definition) is 6. The van der Waals surface area contributed by atoms with Crippen molar-refractivity contribution >= 4 is 28.9 Å². The lowest BCUT2D eigenvalue weighted by Crippen LogP contribution is -2.24. The van der Waals surface area contributed by atoms with Gasteiger partial charge in [0.15, 0.2) is 6.61 Å². The van der Waals surface area contributed by atoms with Gasteiger partial charge >= 0.3 is 5.97 Å². The molecule has 0 radical (unpaired) electrons. The lowest BCUT2D eigenvalue weighted by atomic mass is 10.0. The number of rotatable bonds is 8. The summed E-state index contributed by atoms with van der Waals surface area (Å²) in [4.78, 5) is 24.9. The van der Waals surface area contributed by atoms with Crippen LogP contribution in [-0.2, 0) is 4.79 Å². The minimum absolute atomic E-state index is 0.214. The van der Waals surface area contributed by atoms with Crippen LogP contribution in [0, 0.1) is 6.92 Å². The summed E-state index contributed by atoms with van der Waals surface area (Å²) in [6.45, 7) is 1.73. The molecule has 0 aliphatic rings. The van der Waals surface area contributed by atoms with Crippen LogP contribution in [0.5, 0.6) is 17.2 Å². The smallest absolute Gasteiger partial charge is 0.343 e. The van der Waals surface area contributed by atoms with E-state index in [0.717, 1.165) is 16.3 Å². The fraction of sp³-hybridized carbons (Fsp3) is 0.107. The van der Waals surface area contributed by atoms with E-state index in [-0.39, 0.29) is 6.61 Å². The monoisotopic (exact) mass is 468 g/mol. The third-order valence-corrected chi connectivity index (χ3v) is 5.23. The largest absolute Gasteiger partial charge is 0.497 e. The molecule has 0 unspecified atom stereocenters. The molecule has 0 aliphatic carbocycles. The molecule has 4 aromatic carbocycles. The van der Waals surface area contributed by atoms with E-state index in [1.807, 2.05) is 49.4 Å². The van der Waals surface area contributed by atoms with Crippen LogP contribution in [0.15, 0.2) is 90.0 Å². The van der Waals surface area contributed by atoms with E-state index in [0.29, 0.717) is 28.4 Å². The quantitative estimate of drug-likeness (QED) is 0.172. The first kappa shape index (κ1) is 23.5. The van der Waals surface area contributed by atoms with Gasteiger partial charge in [0.05, 0.1) is 18.9 Å². The number of carbonyl (C=O) groups is 2. The van der Waals surface area contributed by atoms with E-state index >= 15 is 0 Å². The molecule has 0 atom stereocenters. The molecule has 35 heavy (non-hydrogen) atoms. The highest BCUT2D eigenvalue weighted by Crippen LogP contribution is 2.27. The van der Waals surface area contributed by atoms with Crippen molar-refractivity contribution in [3.05, 3.63) is 102 Å². The van der Waals surface area contributed by atoms with Gasteiger partial charge in [0.2, 0.25) is 0 Å². The zero-order chi connectivity index (χ0) is 24.6. The third kappa shape index (κ3) is 6.03. The number of nitrogens with zero attached hydrogens (tertiary/aromatic N) is 1. The normalized spacial score (nSPS) is 10.8. The summed E-state index contributed by atoms with van der Waals surface area (Å²) < 4.78 is 16.2. The van der Waals surface area contributed by atoms with E-state index < -0.39 is 11.9 Å². The predicted molar refractivity (Wildman–Crippen MR) is 134 cm³/mol. The lowest BCUT2D eigenvalue weighted by Gasteiger charge is -2.11. The second-order valence-electron chi connectivity index (χ2n) is 7.71. The van der Waals surface area contributed by atoms with Gasteiger partial charge < -0.3 is 14.2 Å². The number of hydrogen-bond donors (Lipinski definition) is 1. The molecule has 0 saturated heterocycles. The van der Waals surface area contributed by atoms with E-state index in [4.69, 9.17) is 14.2 Å². The van der Waals surface area contributed by atoms with Gasteiger partial charge in [-0.2, -0.15) is 5.10 Å². The maximum absolute atomic E-state index is 12.7. The van der Waals surface area contributed by atoms with Crippen LogP contribution in [0.4, 0.5) is 0 Å². The zero-order valence-electron chi connectivity index (χ0n) is 19.4. The summed E-state index contributed by atoms with van der Waals surface area (Å²) in [7, 11) is 1.58. The summed E-state index contributed by atoms with van der Waals surface area (Å²) in [6, 6.07) is 25.3. The number of esters is 1. The lowest BCUT2D eigenvalue weighted by molar-refractivity contribution is -0.123. The molecule has 176 valence electrons. The van der Waals surface area contributed by atoms with Crippen LogP contribution in [0.2, 0.25) is 0 Å². The van der Waals surface area contributed by atoms with Crippen LogP contribution in [0.3, 0.4) is 0 Å². The highest BCUT2D eigenvalue weighted by molar-refractivity contribution is 6.04. The van der Waals surface area contributed by atoms with Gasteiger partial charge in [0.25, 0.3) is 5.91 Å². The van der Waals surface area contributed by atoms with E-state index in [1.54, 1.807) is 49.6 Å². The fourth-order valence-corrected chi connectivity index (χ4v) is 3.37. The maximum Gasteiger partial charge on any atom is 0.343 e. The number of methoxy groups -OCH3 is 1. The van der Waals surface area contributed by atoms with Gasteiger partial charge in [-0.1, -0.05) is 48.0 Å². The molecule has 0 saturated carbocycles. The summed E-state index contributed by atoms with van der Waals surface area (Å²) in [5.41, 5.74) is 4.51. The van der Waals surface area contributed by atoms with Gasteiger partial charge in [0.1, 0.15) is 17.2 Å². The minimum Gasteiger partial charge on any atom is -0.497 e. The van der Waals surface area contributed by atoms with Gasteiger partial charge in [-0.3, -0.25) is 4.79 Å². The minimum atomic E-state index is -0.480. The van der Waals surface area contributed by atoms with Crippen molar-refractivity contribution in [3.63, 3.8) is 0 Å². The zero-order valence-corrected chi connectivity index (χ0v) is 19.4. The molecule has 4 rings (SSSR count). The molecular weight excluding hydrogens is 444 g/mol. The average molecular weight is 469 g/mol. The number of carbonyl (C=O) groups excluding carboxylic acids is 2. The standard InChI is InChI=1S/C28H24N2O5/c1-19-7-9-21(10-8-19)28(32)35-26-16-11-20-5-3-4-6-24(20)25(26)17-29-30-27(31)18-34-23-14-12-22(33-2)13-15-23/h3-17H,18H2,1-2H3,(H,30,31). The molecule has 0 spiro atoms. The number of nitrogens with one attached hydrogen (secondary N) is 1. The van der Waals surface area contributed by atoms with Crippen molar-refractivity contribution < 1.29 is 23.8 Å². The van der Waals surface area contributed by atoms with E-state index in [1.165, 1.54) is 6.21 Å². The first-order valence-electron chi connectivity index (χ1n) is 10.9. The highest BCUT2D eigenvalue weighted by atomic mass is 16.5. The Kier molecular flexibility index (Phi) is 7.37. The first-order valence-corrected chi connectivity index (χ1v) is 10.9. The van der Waals surface area contributed by atoms with Crippen molar-refractivity contribution in [1.82, 2.24) is 5.43 Å². The first-order chi connectivity index (χ1) is 17.0. The predicted octanol–water partition coefficient (Wildman–Crippen LogP) is 4.91. The highest BCUT2D eigenvalue weighted by Gasteiger charge is 2.13. The molecule has 4 aromatic rings. The van der Waals surface area contributed by atoms with Gasteiger partial charge in [-0.25, -0.2) is 10.2 Å². The third-order valence-electron chi connectivity index (χ3n) is 5.23. The fourth-order valence-electron chi connectivity index (χ4n) is 3.37. The molecule has 1 N–H and O–H groups in total. The van der Waals surface area contributed by atoms with E-state index in [9.17, 15) is 9.59 Å². The van der Waals surface area contributed by atoms with Gasteiger partial charge in [-0.15, -0.1) is 0 Å². The number of aryl methyl sites for hydroxylation is 1. The number of benzene rings is 4. The topological polar surface area (TPSA) is 86.2 Å². The molecule has 0 aliphatic heterocycles. The molecule has 0 aromatic heterocycles. The van der Waals surface area contributed by atoms with Crippen molar-refractivity contribution in [3.8, 4) is 17.2 Å². The van der Waals surface area contributed by atoms with Crippen molar-refractivity contribution in [2.24, 2.45) is 5.10 Å². The van der Waals surface area contributed by atoms with Gasteiger partial charge in [0, 0.05) is 5.56 Å². The number of hydrazone groups is 1. The van der Waals surface area contributed by atoms with Crippen LogP contribution in [-0.4, -0.2) is 31.8 Å². The van der Waals surface area contributed by atoms with Crippen LogP contribution in [0.25, 0.3) is 10.8 Å². The number of amides is 1. The Morgan fingerprint density at radius 2 is 1.60 bits per heavy atom. The van der Waals surface area contributed by atoms with Crippen LogP contribution >= 0.6 is 0 Å². The Labute approximate surface area is 202 Å². The Balaban J connectivity index is 1.47. The molecule has 1 amide bonds. The van der Waals surface area contributed by atoms with Crippen molar-refractivity contribution in [1.29, 1.82) is 0 Å². The summed E-state index contributed by atoms with van der Waals surface area (Å²) in [6.07, 6.45) is 1.46. The molecule has 0 fully saturated rings.